The summed E-state index contributed by atoms with van der Waals surface area (Å²) in [5.74, 6) is 0.379. The Kier molecular flexibility index (Phi) is 6.09. The van der Waals surface area contributed by atoms with Gasteiger partial charge in [0.2, 0.25) is 0 Å². The molecule has 2 rings (SSSR count). The van der Waals surface area contributed by atoms with Crippen molar-refractivity contribution in [2.75, 3.05) is 19.0 Å². The van der Waals surface area contributed by atoms with Gasteiger partial charge in [-0.25, -0.2) is 0 Å². The molecular formula is C19H21NO4. The maximum atomic E-state index is 12.4. The van der Waals surface area contributed by atoms with E-state index in [0.717, 1.165) is 5.56 Å². The summed E-state index contributed by atoms with van der Waals surface area (Å²) in [5, 5.41) is 2.80. The number of amides is 1. The lowest BCUT2D eigenvalue weighted by Crippen LogP contribution is -2.13. The number of ketones is 1. The average Bonchev–Trinajstić information content (AvgIpc) is 2.59. The second-order valence-electron chi connectivity index (χ2n) is 5.25. The number of ether oxygens (including phenoxy) is 2. The summed E-state index contributed by atoms with van der Waals surface area (Å²) in [4.78, 5) is 23.9. The van der Waals surface area contributed by atoms with Crippen LogP contribution in [0, 0.1) is 0 Å². The predicted molar refractivity (Wildman–Crippen MR) is 92.7 cm³/mol. The Morgan fingerprint density at radius 1 is 1.08 bits per heavy atom. The maximum absolute atomic E-state index is 12.4. The van der Waals surface area contributed by atoms with Crippen LogP contribution >= 0.6 is 0 Å². The minimum absolute atomic E-state index is 0.0467. The number of hydrogen-bond acceptors (Lipinski definition) is 4. The van der Waals surface area contributed by atoms with Crippen molar-refractivity contribution < 1.29 is 19.1 Å². The Bertz CT molecular complexity index is 740. The first-order valence-electron chi connectivity index (χ1n) is 7.72. The van der Waals surface area contributed by atoms with Gasteiger partial charge >= 0.3 is 0 Å². The highest BCUT2D eigenvalue weighted by Crippen LogP contribution is 2.22. The third-order valence-electron chi connectivity index (χ3n) is 3.53. The molecule has 2 aromatic carbocycles. The van der Waals surface area contributed by atoms with Crippen LogP contribution in [0.3, 0.4) is 0 Å². The zero-order valence-electron chi connectivity index (χ0n) is 14.1. The molecule has 0 aromatic heterocycles. The van der Waals surface area contributed by atoms with Gasteiger partial charge in [-0.2, -0.15) is 0 Å². The van der Waals surface area contributed by atoms with Crippen molar-refractivity contribution in [2.45, 2.75) is 20.5 Å². The van der Waals surface area contributed by atoms with Crippen LogP contribution in [-0.2, 0) is 11.3 Å². The largest absolute Gasteiger partial charge is 0.496 e. The molecule has 5 heteroatoms. The van der Waals surface area contributed by atoms with E-state index in [1.807, 2.05) is 6.92 Å². The summed E-state index contributed by atoms with van der Waals surface area (Å²) in [6.45, 7) is 4.35. The van der Waals surface area contributed by atoms with Gasteiger partial charge in [-0.15, -0.1) is 0 Å². The third-order valence-corrected chi connectivity index (χ3v) is 3.53. The quantitative estimate of drug-likeness (QED) is 0.788. The first-order valence-corrected chi connectivity index (χ1v) is 7.72. The highest BCUT2D eigenvalue weighted by Gasteiger charge is 2.11. The summed E-state index contributed by atoms with van der Waals surface area (Å²) < 4.78 is 10.7. The highest BCUT2D eigenvalue weighted by molar-refractivity contribution is 6.05. The number of benzene rings is 2. The second-order valence-corrected chi connectivity index (χ2v) is 5.25. The summed E-state index contributed by atoms with van der Waals surface area (Å²) in [6, 6.07) is 12.0. The zero-order valence-corrected chi connectivity index (χ0v) is 14.1. The van der Waals surface area contributed by atoms with Crippen molar-refractivity contribution >= 4 is 17.4 Å². The highest BCUT2D eigenvalue weighted by atomic mass is 16.5. The molecular weight excluding hydrogens is 306 g/mol. The molecule has 0 unspecified atom stereocenters. The van der Waals surface area contributed by atoms with Crippen molar-refractivity contribution in [1.29, 1.82) is 0 Å². The molecule has 0 spiro atoms. The van der Waals surface area contributed by atoms with Gasteiger partial charge in [-0.1, -0.05) is 12.1 Å². The maximum Gasteiger partial charge on any atom is 0.255 e. The fourth-order valence-electron chi connectivity index (χ4n) is 2.26. The summed E-state index contributed by atoms with van der Waals surface area (Å²) in [6.07, 6.45) is 0. The molecule has 5 nitrogen and oxygen atoms in total. The predicted octanol–water partition coefficient (Wildman–Crippen LogP) is 3.69. The topological polar surface area (TPSA) is 64.6 Å². The van der Waals surface area contributed by atoms with Crippen molar-refractivity contribution in [2.24, 2.45) is 0 Å². The average molecular weight is 327 g/mol. The number of carbonyl (C=O) groups excluding carboxylic acids is 2. The molecule has 0 atom stereocenters. The third kappa shape index (κ3) is 4.43. The Labute approximate surface area is 141 Å². The monoisotopic (exact) mass is 327 g/mol. The van der Waals surface area contributed by atoms with Crippen LogP contribution in [0.1, 0.15) is 40.1 Å². The molecule has 0 aliphatic carbocycles. The van der Waals surface area contributed by atoms with E-state index in [9.17, 15) is 9.59 Å². The fourth-order valence-corrected chi connectivity index (χ4v) is 2.26. The van der Waals surface area contributed by atoms with E-state index in [1.165, 1.54) is 6.92 Å². The molecule has 0 aliphatic heterocycles. The number of rotatable bonds is 7. The van der Waals surface area contributed by atoms with Crippen LogP contribution in [0.4, 0.5) is 5.69 Å². The van der Waals surface area contributed by atoms with Gasteiger partial charge in [0.1, 0.15) is 5.75 Å². The van der Waals surface area contributed by atoms with E-state index in [-0.39, 0.29) is 11.7 Å². The van der Waals surface area contributed by atoms with Gasteiger partial charge in [-0.3, -0.25) is 9.59 Å². The van der Waals surface area contributed by atoms with Crippen LogP contribution in [0.2, 0.25) is 0 Å². The van der Waals surface area contributed by atoms with Crippen LogP contribution in [-0.4, -0.2) is 25.4 Å². The molecule has 24 heavy (non-hydrogen) atoms. The van der Waals surface area contributed by atoms with E-state index in [2.05, 4.69) is 5.32 Å². The molecule has 1 amide bonds. The van der Waals surface area contributed by atoms with Gasteiger partial charge < -0.3 is 14.8 Å². The van der Waals surface area contributed by atoms with Crippen LogP contribution in [0.25, 0.3) is 0 Å². The second kappa shape index (κ2) is 8.26. The summed E-state index contributed by atoms with van der Waals surface area (Å²) in [5.41, 5.74) is 2.44. The van der Waals surface area contributed by atoms with Crippen molar-refractivity contribution in [3.63, 3.8) is 0 Å². The van der Waals surface area contributed by atoms with Gasteiger partial charge in [-0.05, 0) is 44.2 Å². The smallest absolute Gasteiger partial charge is 0.255 e. The number of hydrogen-bond donors (Lipinski definition) is 1. The molecule has 0 fully saturated rings. The van der Waals surface area contributed by atoms with Gasteiger partial charge in [0.25, 0.3) is 5.91 Å². The molecule has 0 saturated carbocycles. The van der Waals surface area contributed by atoms with Crippen LogP contribution in [0.15, 0.2) is 42.5 Å². The molecule has 0 aliphatic rings. The molecule has 0 saturated heterocycles. The molecule has 1 N–H and O–H groups in total. The molecule has 0 radical (unpaired) electrons. The molecule has 0 bridgehead atoms. The standard InChI is InChI=1S/C19H21NO4/c1-4-24-12-16-10-15(8-9-18(16)23-3)19(22)20-17-7-5-6-14(11-17)13(2)21/h5-11H,4,12H2,1-3H3,(H,20,22). The Morgan fingerprint density at radius 2 is 1.88 bits per heavy atom. The van der Waals surface area contributed by atoms with Gasteiger partial charge in [0.05, 0.1) is 13.7 Å². The number of anilines is 1. The Hall–Kier alpha value is -2.66. The SMILES string of the molecule is CCOCc1cc(C(=O)Nc2cccc(C(C)=O)c2)ccc1OC. The van der Waals surface area contributed by atoms with E-state index in [1.54, 1.807) is 49.6 Å². The van der Waals surface area contributed by atoms with Crippen LogP contribution < -0.4 is 10.1 Å². The van der Waals surface area contributed by atoms with E-state index < -0.39 is 0 Å². The van der Waals surface area contributed by atoms with Crippen molar-refractivity contribution in [3.05, 3.63) is 59.2 Å². The Balaban J connectivity index is 2.20. The Morgan fingerprint density at radius 3 is 2.54 bits per heavy atom. The van der Waals surface area contributed by atoms with E-state index in [0.29, 0.717) is 35.8 Å². The van der Waals surface area contributed by atoms with Crippen molar-refractivity contribution in [3.8, 4) is 5.75 Å². The number of methoxy groups -OCH3 is 1. The first kappa shape index (κ1) is 17.7. The summed E-state index contributed by atoms with van der Waals surface area (Å²) in [7, 11) is 1.58. The lowest BCUT2D eigenvalue weighted by Gasteiger charge is -2.11. The summed E-state index contributed by atoms with van der Waals surface area (Å²) >= 11 is 0. The van der Waals surface area contributed by atoms with E-state index >= 15 is 0 Å². The van der Waals surface area contributed by atoms with E-state index in [4.69, 9.17) is 9.47 Å². The first-order chi connectivity index (χ1) is 11.5. The lowest BCUT2D eigenvalue weighted by molar-refractivity contribution is 0.101. The fraction of sp³-hybridized carbons (Fsp3) is 0.263. The molecule has 0 heterocycles. The minimum atomic E-state index is -0.254. The number of nitrogens with one attached hydrogen (secondary N) is 1. The van der Waals surface area contributed by atoms with Crippen molar-refractivity contribution in [1.82, 2.24) is 0 Å². The molecule has 126 valence electrons. The minimum Gasteiger partial charge on any atom is -0.496 e. The van der Waals surface area contributed by atoms with Gasteiger partial charge in [0, 0.05) is 29.0 Å². The van der Waals surface area contributed by atoms with Gasteiger partial charge in [0.15, 0.2) is 5.78 Å². The van der Waals surface area contributed by atoms with Crippen LogP contribution in [0.5, 0.6) is 5.75 Å². The molecule has 2 aromatic rings. The number of carbonyl (C=O) groups is 2. The lowest BCUT2D eigenvalue weighted by atomic mass is 10.1. The normalized spacial score (nSPS) is 10.3. The zero-order chi connectivity index (χ0) is 17.5. The number of Topliss-reactive ketones (excluding diaryl/α,β-unsaturated/α-hetero) is 1.